The number of aromatic nitrogens is 2. The van der Waals surface area contributed by atoms with Gasteiger partial charge in [-0.25, -0.2) is 9.78 Å². The van der Waals surface area contributed by atoms with Crippen LogP contribution < -0.4 is 5.56 Å². The van der Waals surface area contributed by atoms with E-state index in [2.05, 4.69) is 9.97 Å². The molecule has 5 nitrogen and oxygen atoms in total. The minimum absolute atomic E-state index is 0.0262. The van der Waals surface area contributed by atoms with Crippen molar-refractivity contribution in [2.45, 2.75) is 0 Å². The minimum Gasteiger partial charge on any atom is -0.478 e. The fraction of sp³-hybridized carbons (Fsp3) is 0. The summed E-state index contributed by atoms with van der Waals surface area (Å²) in [4.78, 5) is 28.5. The number of aromatic amines is 1. The third kappa shape index (κ3) is 3.08. The Hall–Kier alpha value is -2.40. The molecule has 0 saturated heterocycles. The lowest BCUT2D eigenvalue weighted by atomic mass is 10.1. The van der Waals surface area contributed by atoms with Crippen molar-refractivity contribution < 1.29 is 9.90 Å². The Bertz CT molecular complexity index is 707. The molecular weight excluding hydrogens is 268 g/mol. The molecule has 0 unspecified atom stereocenters. The standard InChI is InChI=1S/C13H9ClN2O3/c14-12-8(2-1-3-9(12)13(18)19)4-5-10-15-7-6-11(17)16-10/h1-7H,(H,18,19)(H,15,16,17). The van der Waals surface area contributed by atoms with Gasteiger partial charge in [0.05, 0.1) is 10.6 Å². The van der Waals surface area contributed by atoms with Crippen LogP contribution in [0.5, 0.6) is 0 Å². The maximum absolute atomic E-state index is 11.1. The van der Waals surface area contributed by atoms with Gasteiger partial charge in [0, 0.05) is 12.3 Å². The van der Waals surface area contributed by atoms with E-state index in [0.29, 0.717) is 11.4 Å². The number of rotatable bonds is 3. The van der Waals surface area contributed by atoms with E-state index in [9.17, 15) is 9.59 Å². The lowest BCUT2D eigenvalue weighted by molar-refractivity contribution is 0.0697. The van der Waals surface area contributed by atoms with Gasteiger partial charge in [-0.05, 0) is 23.8 Å². The summed E-state index contributed by atoms with van der Waals surface area (Å²) in [6.07, 6.45) is 4.52. The normalized spacial score (nSPS) is 10.8. The number of halogens is 1. The zero-order valence-corrected chi connectivity index (χ0v) is 10.4. The van der Waals surface area contributed by atoms with Crippen molar-refractivity contribution in [1.82, 2.24) is 9.97 Å². The number of H-pyrrole nitrogens is 1. The zero-order chi connectivity index (χ0) is 13.8. The Morgan fingerprint density at radius 1 is 1.32 bits per heavy atom. The number of hydrogen-bond acceptors (Lipinski definition) is 3. The number of benzene rings is 1. The molecule has 0 aliphatic rings. The molecule has 0 fully saturated rings. The first-order valence-electron chi connectivity index (χ1n) is 5.33. The van der Waals surface area contributed by atoms with Gasteiger partial charge in [-0.3, -0.25) is 4.79 Å². The van der Waals surface area contributed by atoms with Gasteiger partial charge >= 0.3 is 5.97 Å². The molecule has 0 aliphatic heterocycles. The Morgan fingerprint density at radius 2 is 2.11 bits per heavy atom. The molecule has 0 amide bonds. The molecule has 0 saturated carbocycles. The van der Waals surface area contributed by atoms with Crippen molar-refractivity contribution in [1.29, 1.82) is 0 Å². The Morgan fingerprint density at radius 3 is 2.79 bits per heavy atom. The second kappa shape index (κ2) is 5.49. The number of nitrogens with zero attached hydrogens (tertiary/aromatic N) is 1. The van der Waals surface area contributed by atoms with Crippen molar-refractivity contribution in [2.75, 3.05) is 0 Å². The molecule has 0 aliphatic carbocycles. The van der Waals surface area contributed by atoms with Crippen LogP contribution in [0.3, 0.4) is 0 Å². The van der Waals surface area contributed by atoms with Crippen LogP contribution in [-0.4, -0.2) is 21.0 Å². The first-order valence-corrected chi connectivity index (χ1v) is 5.71. The molecule has 1 heterocycles. The van der Waals surface area contributed by atoms with E-state index in [0.717, 1.165) is 0 Å². The summed E-state index contributed by atoms with van der Waals surface area (Å²) in [6, 6.07) is 5.99. The van der Waals surface area contributed by atoms with Crippen LogP contribution >= 0.6 is 11.6 Å². The second-order valence-corrected chi connectivity index (χ2v) is 4.04. The summed E-state index contributed by atoms with van der Waals surface area (Å²) >= 11 is 5.98. The van der Waals surface area contributed by atoms with Crippen LogP contribution in [0.15, 0.2) is 35.3 Å². The highest BCUT2D eigenvalue weighted by Crippen LogP contribution is 2.22. The smallest absolute Gasteiger partial charge is 0.337 e. The highest BCUT2D eigenvalue weighted by atomic mass is 35.5. The molecule has 2 N–H and O–H groups in total. The van der Waals surface area contributed by atoms with Gasteiger partial charge in [0.1, 0.15) is 5.82 Å². The molecule has 2 rings (SSSR count). The molecule has 0 atom stereocenters. The Labute approximate surface area is 113 Å². The number of hydrogen-bond donors (Lipinski definition) is 2. The van der Waals surface area contributed by atoms with Crippen LogP contribution in [0.1, 0.15) is 21.7 Å². The Balaban J connectivity index is 2.36. The van der Waals surface area contributed by atoms with E-state index in [4.69, 9.17) is 16.7 Å². The van der Waals surface area contributed by atoms with Gasteiger partial charge in [-0.2, -0.15) is 0 Å². The van der Waals surface area contributed by atoms with E-state index in [1.165, 1.54) is 18.3 Å². The number of carboxylic acid groups (broad SMARTS) is 1. The topological polar surface area (TPSA) is 83.0 Å². The lowest BCUT2D eigenvalue weighted by Gasteiger charge is -2.02. The SMILES string of the molecule is O=C(O)c1cccc(C=Cc2nccc(=O)[nH]2)c1Cl. The average Bonchev–Trinajstić information content (AvgIpc) is 2.37. The quantitative estimate of drug-likeness (QED) is 0.901. The van der Waals surface area contributed by atoms with Crippen LogP contribution in [0.2, 0.25) is 5.02 Å². The molecule has 1 aromatic heterocycles. The van der Waals surface area contributed by atoms with E-state index in [1.54, 1.807) is 24.3 Å². The number of aromatic carboxylic acids is 1. The summed E-state index contributed by atoms with van der Waals surface area (Å²) in [5.41, 5.74) is 0.298. The number of carboxylic acids is 1. The lowest BCUT2D eigenvalue weighted by Crippen LogP contribution is -2.05. The largest absolute Gasteiger partial charge is 0.478 e. The van der Waals surface area contributed by atoms with Crippen molar-refractivity contribution in [2.24, 2.45) is 0 Å². The first kappa shape index (κ1) is 13.0. The van der Waals surface area contributed by atoms with Crippen LogP contribution in [0, 0.1) is 0 Å². The summed E-state index contributed by atoms with van der Waals surface area (Å²) in [7, 11) is 0. The molecule has 1 aromatic carbocycles. The van der Waals surface area contributed by atoms with E-state index < -0.39 is 5.97 Å². The highest BCUT2D eigenvalue weighted by molar-refractivity contribution is 6.35. The summed E-state index contributed by atoms with van der Waals surface area (Å²) in [5, 5.41) is 9.09. The summed E-state index contributed by atoms with van der Waals surface area (Å²) in [6.45, 7) is 0. The van der Waals surface area contributed by atoms with Crippen molar-refractivity contribution in [3.63, 3.8) is 0 Å². The molecule has 0 radical (unpaired) electrons. The van der Waals surface area contributed by atoms with E-state index in [-0.39, 0.29) is 16.1 Å². The van der Waals surface area contributed by atoms with Crippen LogP contribution in [-0.2, 0) is 0 Å². The fourth-order valence-corrected chi connectivity index (χ4v) is 1.75. The van der Waals surface area contributed by atoms with Gasteiger partial charge in [-0.1, -0.05) is 23.7 Å². The van der Waals surface area contributed by atoms with Gasteiger partial charge in [0.25, 0.3) is 5.56 Å². The van der Waals surface area contributed by atoms with Crippen LogP contribution in [0.25, 0.3) is 12.2 Å². The van der Waals surface area contributed by atoms with Crippen molar-refractivity contribution in [3.8, 4) is 0 Å². The third-order valence-corrected chi connectivity index (χ3v) is 2.79. The van der Waals surface area contributed by atoms with E-state index >= 15 is 0 Å². The molecule has 0 bridgehead atoms. The molecular formula is C13H9ClN2O3. The summed E-state index contributed by atoms with van der Waals surface area (Å²) < 4.78 is 0. The van der Waals surface area contributed by atoms with Crippen molar-refractivity contribution in [3.05, 3.63) is 62.8 Å². The predicted octanol–water partition coefficient (Wildman–Crippen LogP) is 2.29. The maximum Gasteiger partial charge on any atom is 0.337 e. The summed E-state index contributed by atoms with van der Waals surface area (Å²) in [5.74, 6) is -0.726. The predicted molar refractivity (Wildman–Crippen MR) is 72.2 cm³/mol. The molecule has 0 spiro atoms. The average molecular weight is 277 g/mol. The second-order valence-electron chi connectivity index (χ2n) is 3.67. The maximum atomic E-state index is 11.1. The zero-order valence-electron chi connectivity index (χ0n) is 9.63. The first-order chi connectivity index (χ1) is 9.08. The Kier molecular flexibility index (Phi) is 3.77. The van der Waals surface area contributed by atoms with Gasteiger partial charge in [-0.15, -0.1) is 0 Å². The highest BCUT2D eigenvalue weighted by Gasteiger charge is 2.10. The van der Waals surface area contributed by atoms with Gasteiger partial charge in [0.2, 0.25) is 0 Å². The molecule has 19 heavy (non-hydrogen) atoms. The molecule has 96 valence electrons. The van der Waals surface area contributed by atoms with Gasteiger partial charge < -0.3 is 10.1 Å². The number of nitrogens with one attached hydrogen (secondary N) is 1. The van der Waals surface area contributed by atoms with E-state index in [1.807, 2.05) is 0 Å². The third-order valence-electron chi connectivity index (χ3n) is 2.37. The monoisotopic (exact) mass is 276 g/mol. The number of carbonyl (C=O) groups is 1. The molecule has 2 aromatic rings. The van der Waals surface area contributed by atoms with Gasteiger partial charge in [0.15, 0.2) is 0 Å². The van der Waals surface area contributed by atoms with Crippen LogP contribution in [0.4, 0.5) is 0 Å². The minimum atomic E-state index is -1.09. The fourth-order valence-electron chi connectivity index (χ4n) is 1.48. The van der Waals surface area contributed by atoms with Crippen molar-refractivity contribution >= 4 is 29.7 Å². The molecule has 6 heteroatoms.